The van der Waals surface area contributed by atoms with Crippen molar-refractivity contribution in [3.8, 4) is 0 Å². The number of nitrogens with zero attached hydrogens (tertiary/aromatic N) is 2. The van der Waals surface area contributed by atoms with E-state index in [4.69, 9.17) is 0 Å². The number of benzene rings is 2. The molecule has 8 heteroatoms. The first kappa shape index (κ1) is 20.0. The molecule has 1 atom stereocenters. The zero-order chi connectivity index (χ0) is 20.3. The number of amides is 1. The van der Waals surface area contributed by atoms with Crippen LogP contribution in [0.25, 0.3) is 0 Å². The Balaban J connectivity index is 1.88. The van der Waals surface area contributed by atoms with Crippen LogP contribution in [-0.4, -0.2) is 41.7 Å². The van der Waals surface area contributed by atoms with Crippen molar-refractivity contribution in [3.05, 3.63) is 75.3 Å². The van der Waals surface area contributed by atoms with Crippen molar-refractivity contribution in [2.24, 2.45) is 0 Å². The molecule has 0 aliphatic carbocycles. The highest BCUT2D eigenvalue weighted by molar-refractivity contribution is 7.91. The highest BCUT2D eigenvalue weighted by Crippen LogP contribution is 2.23. The lowest BCUT2D eigenvalue weighted by Crippen LogP contribution is -2.40. The summed E-state index contributed by atoms with van der Waals surface area (Å²) < 4.78 is 23.9. The molecule has 0 N–H and O–H groups in total. The van der Waals surface area contributed by atoms with Crippen LogP contribution in [0.4, 0.5) is 5.69 Å². The minimum Gasteiger partial charge on any atom is -0.330 e. The van der Waals surface area contributed by atoms with Crippen LogP contribution >= 0.6 is 0 Å². The van der Waals surface area contributed by atoms with E-state index in [-0.39, 0.29) is 23.1 Å². The molecule has 1 aliphatic heterocycles. The van der Waals surface area contributed by atoms with Crippen LogP contribution in [0, 0.1) is 10.1 Å². The summed E-state index contributed by atoms with van der Waals surface area (Å²) in [6.45, 7) is 2.35. The second-order valence-electron chi connectivity index (χ2n) is 6.96. The molecule has 0 radical (unpaired) electrons. The Bertz CT molecular complexity index is 969. The van der Waals surface area contributed by atoms with E-state index in [0.717, 1.165) is 12.0 Å². The molecule has 1 heterocycles. The van der Waals surface area contributed by atoms with Gasteiger partial charge in [-0.15, -0.1) is 0 Å². The lowest BCUT2D eigenvalue weighted by Gasteiger charge is -2.28. The summed E-state index contributed by atoms with van der Waals surface area (Å²) in [6.07, 6.45) is 1.31. The van der Waals surface area contributed by atoms with Crippen LogP contribution in [0.3, 0.4) is 0 Å². The number of hydrogen-bond donors (Lipinski definition) is 0. The van der Waals surface area contributed by atoms with Gasteiger partial charge in [-0.25, -0.2) is 8.42 Å². The fourth-order valence-electron chi connectivity index (χ4n) is 3.36. The molecule has 1 amide bonds. The van der Waals surface area contributed by atoms with Crippen LogP contribution in [0.15, 0.2) is 48.5 Å². The number of nitro groups is 1. The van der Waals surface area contributed by atoms with Crippen molar-refractivity contribution in [2.45, 2.75) is 32.4 Å². The topological polar surface area (TPSA) is 97.6 Å². The van der Waals surface area contributed by atoms with Crippen molar-refractivity contribution in [1.29, 1.82) is 0 Å². The van der Waals surface area contributed by atoms with Gasteiger partial charge in [0.1, 0.15) is 0 Å². The zero-order valence-corrected chi connectivity index (χ0v) is 16.4. The number of hydrogen-bond acceptors (Lipinski definition) is 5. The third-order valence-corrected chi connectivity index (χ3v) is 6.77. The second kappa shape index (κ2) is 8.10. The normalized spacial score (nSPS) is 18.0. The van der Waals surface area contributed by atoms with Crippen LogP contribution < -0.4 is 0 Å². The number of nitro benzene ring substituents is 1. The summed E-state index contributed by atoms with van der Waals surface area (Å²) in [6, 6.07) is 12.9. The minimum atomic E-state index is -3.16. The van der Waals surface area contributed by atoms with Crippen molar-refractivity contribution >= 4 is 21.4 Å². The van der Waals surface area contributed by atoms with Gasteiger partial charge in [-0.3, -0.25) is 14.9 Å². The number of carbonyl (C=O) groups excluding carboxylic acids is 1. The van der Waals surface area contributed by atoms with Gasteiger partial charge in [0.15, 0.2) is 9.84 Å². The lowest BCUT2D eigenvalue weighted by atomic mass is 10.1. The molecule has 1 saturated heterocycles. The molecule has 2 aromatic rings. The summed E-state index contributed by atoms with van der Waals surface area (Å²) >= 11 is 0. The number of aryl methyl sites for hydroxylation is 1. The van der Waals surface area contributed by atoms with E-state index in [1.807, 2.05) is 24.3 Å². The minimum absolute atomic E-state index is 0.0568. The highest BCUT2D eigenvalue weighted by atomic mass is 32.2. The van der Waals surface area contributed by atoms with E-state index in [2.05, 4.69) is 6.92 Å². The molecule has 1 fully saturated rings. The number of rotatable bonds is 6. The van der Waals surface area contributed by atoms with Crippen molar-refractivity contribution in [3.63, 3.8) is 0 Å². The van der Waals surface area contributed by atoms with Crippen LogP contribution in [0.1, 0.15) is 34.8 Å². The molecule has 2 aromatic carbocycles. The van der Waals surface area contributed by atoms with Crippen molar-refractivity contribution in [1.82, 2.24) is 4.90 Å². The Morgan fingerprint density at radius 3 is 2.21 bits per heavy atom. The molecule has 0 aromatic heterocycles. The molecule has 7 nitrogen and oxygen atoms in total. The SMILES string of the molecule is CCc1ccc(CN(C(=O)c2ccc([N+](=O)[O-])cc2)C2CCS(=O)(=O)C2)cc1. The predicted octanol–water partition coefficient (Wildman–Crippen LogP) is 2.99. The second-order valence-corrected chi connectivity index (χ2v) is 9.19. The molecular formula is C20H22N2O5S. The molecule has 0 bridgehead atoms. The summed E-state index contributed by atoms with van der Waals surface area (Å²) in [5.41, 5.74) is 2.30. The zero-order valence-electron chi connectivity index (χ0n) is 15.6. The molecular weight excluding hydrogens is 380 g/mol. The maximum absolute atomic E-state index is 13.1. The first-order chi connectivity index (χ1) is 13.3. The Hall–Kier alpha value is -2.74. The quantitative estimate of drug-likeness (QED) is 0.546. The van der Waals surface area contributed by atoms with E-state index >= 15 is 0 Å². The predicted molar refractivity (Wildman–Crippen MR) is 106 cm³/mol. The molecule has 0 saturated carbocycles. The van der Waals surface area contributed by atoms with Gasteiger partial charge in [0.2, 0.25) is 0 Å². The largest absolute Gasteiger partial charge is 0.330 e. The smallest absolute Gasteiger partial charge is 0.269 e. The fourth-order valence-corrected chi connectivity index (χ4v) is 5.09. The molecule has 28 heavy (non-hydrogen) atoms. The van der Waals surface area contributed by atoms with E-state index in [1.54, 1.807) is 4.90 Å². The maximum atomic E-state index is 13.1. The molecule has 1 unspecified atom stereocenters. The maximum Gasteiger partial charge on any atom is 0.269 e. The van der Waals surface area contributed by atoms with Crippen LogP contribution in [-0.2, 0) is 22.8 Å². The number of non-ortho nitro benzene ring substituents is 1. The van der Waals surface area contributed by atoms with Gasteiger partial charge in [0.25, 0.3) is 11.6 Å². The molecule has 1 aliphatic rings. The summed E-state index contributed by atoms with van der Waals surface area (Å²) in [5.74, 6) is -0.313. The lowest BCUT2D eigenvalue weighted by molar-refractivity contribution is -0.384. The van der Waals surface area contributed by atoms with Gasteiger partial charge < -0.3 is 4.90 Å². The van der Waals surface area contributed by atoms with Gasteiger partial charge in [0.05, 0.1) is 16.4 Å². The summed E-state index contributed by atoms with van der Waals surface area (Å²) in [5, 5.41) is 10.8. The molecule has 148 valence electrons. The monoisotopic (exact) mass is 402 g/mol. The Morgan fingerprint density at radius 1 is 1.11 bits per heavy atom. The van der Waals surface area contributed by atoms with E-state index in [1.165, 1.54) is 29.8 Å². The van der Waals surface area contributed by atoms with Crippen LogP contribution in [0.5, 0.6) is 0 Å². The standard InChI is InChI=1S/C20H22N2O5S/c1-2-15-3-5-16(6-4-15)13-21(19-11-12-28(26,27)14-19)20(23)17-7-9-18(10-8-17)22(24)25/h3-10,19H,2,11-14H2,1H3. The summed E-state index contributed by atoms with van der Waals surface area (Å²) in [7, 11) is -3.16. The Kier molecular flexibility index (Phi) is 5.79. The Labute approximate surface area is 164 Å². The average molecular weight is 402 g/mol. The van der Waals surface area contributed by atoms with Crippen molar-refractivity contribution < 1.29 is 18.1 Å². The van der Waals surface area contributed by atoms with Crippen LogP contribution in [0.2, 0.25) is 0 Å². The Morgan fingerprint density at radius 2 is 1.71 bits per heavy atom. The van der Waals surface area contributed by atoms with Gasteiger partial charge in [0, 0.05) is 30.3 Å². The van der Waals surface area contributed by atoms with Gasteiger partial charge in [-0.1, -0.05) is 31.2 Å². The van der Waals surface area contributed by atoms with E-state index in [0.29, 0.717) is 18.5 Å². The van der Waals surface area contributed by atoms with E-state index in [9.17, 15) is 23.3 Å². The molecule has 3 rings (SSSR count). The third-order valence-electron chi connectivity index (χ3n) is 5.02. The first-order valence-corrected chi connectivity index (χ1v) is 10.9. The highest BCUT2D eigenvalue weighted by Gasteiger charge is 2.35. The summed E-state index contributed by atoms with van der Waals surface area (Å²) in [4.78, 5) is 25.0. The van der Waals surface area contributed by atoms with Gasteiger partial charge in [-0.05, 0) is 36.1 Å². The fraction of sp³-hybridized carbons (Fsp3) is 0.350. The van der Waals surface area contributed by atoms with E-state index < -0.39 is 20.8 Å². The first-order valence-electron chi connectivity index (χ1n) is 9.13. The van der Waals surface area contributed by atoms with Gasteiger partial charge >= 0.3 is 0 Å². The average Bonchev–Trinajstić information content (AvgIpc) is 3.05. The number of carbonyl (C=O) groups is 1. The van der Waals surface area contributed by atoms with Gasteiger partial charge in [-0.2, -0.15) is 0 Å². The van der Waals surface area contributed by atoms with Crippen molar-refractivity contribution in [2.75, 3.05) is 11.5 Å². The third kappa shape index (κ3) is 4.56. The number of sulfone groups is 1. The molecule has 0 spiro atoms.